The summed E-state index contributed by atoms with van der Waals surface area (Å²) >= 11 is 0. The molecule has 0 saturated heterocycles. The molecule has 114 valence electrons. The van der Waals surface area contributed by atoms with E-state index in [1.54, 1.807) is 6.07 Å². The van der Waals surface area contributed by atoms with E-state index in [1.807, 2.05) is 6.92 Å². The van der Waals surface area contributed by atoms with E-state index in [0.717, 1.165) is 12.8 Å². The smallest absolute Gasteiger partial charge is 0.282 e. The van der Waals surface area contributed by atoms with Gasteiger partial charge < -0.3 is 15.3 Å². The predicted octanol–water partition coefficient (Wildman–Crippen LogP) is 1.62. The highest BCUT2D eigenvalue weighted by Crippen LogP contribution is 2.31. The van der Waals surface area contributed by atoms with Crippen molar-refractivity contribution in [2.75, 3.05) is 25.0 Å². The van der Waals surface area contributed by atoms with Crippen molar-refractivity contribution in [2.24, 2.45) is 0 Å². The van der Waals surface area contributed by atoms with Crippen LogP contribution >= 0.6 is 0 Å². The van der Waals surface area contributed by atoms with Crippen molar-refractivity contribution in [1.29, 1.82) is 0 Å². The molecule has 1 saturated carbocycles. The quantitative estimate of drug-likeness (QED) is 0.588. The molecule has 7 heteroatoms. The molecule has 2 rings (SSSR count). The third-order valence-corrected chi connectivity index (χ3v) is 3.39. The number of aliphatic hydroxyl groups is 1. The average molecular weight is 293 g/mol. The zero-order valence-electron chi connectivity index (χ0n) is 11.9. The van der Waals surface area contributed by atoms with Crippen LogP contribution in [0.2, 0.25) is 0 Å². The monoisotopic (exact) mass is 293 g/mol. The maximum atomic E-state index is 12.6. The third-order valence-electron chi connectivity index (χ3n) is 3.39. The van der Waals surface area contributed by atoms with Crippen LogP contribution in [0.15, 0.2) is 18.2 Å². The van der Waals surface area contributed by atoms with Crippen LogP contribution in [-0.4, -0.2) is 46.6 Å². The Balaban J connectivity index is 2.35. The molecular weight excluding hydrogens is 274 g/mol. The van der Waals surface area contributed by atoms with Crippen LogP contribution in [0.4, 0.5) is 11.4 Å². The fourth-order valence-electron chi connectivity index (χ4n) is 2.28. The maximum absolute atomic E-state index is 12.6. The number of nitrogens with one attached hydrogen (secondary N) is 1. The van der Waals surface area contributed by atoms with Crippen LogP contribution < -0.4 is 5.32 Å². The number of benzene rings is 1. The topological polar surface area (TPSA) is 95.7 Å². The molecule has 7 nitrogen and oxygen atoms in total. The van der Waals surface area contributed by atoms with E-state index in [0.29, 0.717) is 12.2 Å². The first-order valence-corrected chi connectivity index (χ1v) is 7.02. The normalized spacial score (nSPS) is 13.8. The summed E-state index contributed by atoms with van der Waals surface area (Å²) in [6.07, 6.45) is 1.76. The van der Waals surface area contributed by atoms with Gasteiger partial charge in [0.1, 0.15) is 5.56 Å². The van der Waals surface area contributed by atoms with Crippen molar-refractivity contribution < 1.29 is 14.8 Å². The van der Waals surface area contributed by atoms with E-state index in [-0.39, 0.29) is 30.4 Å². The van der Waals surface area contributed by atoms with Gasteiger partial charge in [0.05, 0.1) is 11.5 Å². The van der Waals surface area contributed by atoms with E-state index >= 15 is 0 Å². The Bertz CT molecular complexity index is 543. The fourth-order valence-corrected chi connectivity index (χ4v) is 2.28. The first-order valence-electron chi connectivity index (χ1n) is 7.02. The highest BCUT2D eigenvalue weighted by molar-refractivity contribution is 5.99. The number of hydrogen-bond donors (Lipinski definition) is 2. The first kappa shape index (κ1) is 15.2. The number of anilines is 1. The molecule has 0 bridgehead atoms. The zero-order chi connectivity index (χ0) is 15.4. The number of hydrogen-bond acceptors (Lipinski definition) is 5. The molecule has 1 aromatic carbocycles. The van der Waals surface area contributed by atoms with Crippen molar-refractivity contribution in [2.45, 2.75) is 25.8 Å². The molecule has 1 amide bonds. The molecular formula is C14H19N3O4. The molecule has 0 atom stereocenters. The van der Waals surface area contributed by atoms with Crippen LogP contribution in [-0.2, 0) is 0 Å². The van der Waals surface area contributed by atoms with Gasteiger partial charge in [-0.1, -0.05) is 0 Å². The van der Waals surface area contributed by atoms with Gasteiger partial charge in [-0.15, -0.1) is 0 Å². The molecule has 1 aromatic rings. The fraction of sp³-hybridized carbons (Fsp3) is 0.500. The predicted molar refractivity (Wildman–Crippen MR) is 78.4 cm³/mol. The van der Waals surface area contributed by atoms with Gasteiger partial charge in [-0.2, -0.15) is 0 Å². The number of carbonyl (C=O) groups excluding carboxylic acids is 1. The summed E-state index contributed by atoms with van der Waals surface area (Å²) in [5.74, 6) is -0.391. The van der Waals surface area contributed by atoms with E-state index in [4.69, 9.17) is 5.11 Å². The minimum Gasteiger partial charge on any atom is -0.395 e. The lowest BCUT2D eigenvalue weighted by atomic mass is 10.1. The maximum Gasteiger partial charge on any atom is 0.282 e. The van der Waals surface area contributed by atoms with Crippen LogP contribution in [0.25, 0.3) is 0 Å². The summed E-state index contributed by atoms with van der Waals surface area (Å²) in [7, 11) is 0. The molecule has 2 N–H and O–H groups in total. The summed E-state index contributed by atoms with van der Waals surface area (Å²) in [6, 6.07) is 4.53. The van der Waals surface area contributed by atoms with E-state index in [2.05, 4.69) is 5.32 Å². The van der Waals surface area contributed by atoms with Crippen LogP contribution in [0, 0.1) is 10.1 Å². The molecule has 0 heterocycles. The second-order valence-electron chi connectivity index (χ2n) is 4.97. The number of nitro benzene ring substituents is 1. The third kappa shape index (κ3) is 3.49. The Labute approximate surface area is 122 Å². The Kier molecular flexibility index (Phi) is 4.74. The molecule has 0 unspecified atom stereocenters. The number of nitrogens with zero attached hydrogens (tertiary/aromatic N) is 2. The molecule has 0 spiro atoms. The minimum atomic E-state index is -0.549. The Morgan fingerprint density at radius 2 is 2.24 bits per heavy atom. The second kappa shape index (κ2) is 6.53. The summed E-state index contributed by atoms with van der Waals surface area (Å²) in [5.41, 5.74) is 0.537. The zero-order valence-corrected chi connectivity index (χ0v) is 11.9. The van der Waals surface area contributed by atoms with Gasteiger partial charge in [0, 0.05) is 30.9 Å². The number of carbonyl (C=O) groups is 1. The number of rotatable bonds is 7. The van der Waals surface area contributed by atoms with Gasteiger partial charge in [-0.25, -0.2) is 0 Å². The van der Waals surface area contributed by atoms with Gasteiger partial charge in [-0.3, -0.25) is 14.9 Å². The van der Waals surface area contributed by atoms with E-state index in [9.17, 15) is 14.9 Å². The van der Waals surface area contributed by atoms with Crippen LogP contribution in [0.3, 0.4) is 0 Å². The van der Waals surface area contributed by atoms with Gasteiger partial charge in [0.15, 0.2) is 0 Å². The van der Waals surface area contributed by atoms with Crippen LogP contribution in [0.5, 0.6) is 0 Å². The molecule has 0 aromatic heterocycles. The molecule has 21 heavy (non-hydrogen) atoms. The second-order valence-corrected chi connectivity index (χ2v) is 4.97. The van der Waals surface area contributed by atoms with E-state index < -0.39 is 10.8 Å². The van der Waals surface area contributed by atoms with E-state index in [1.165, 1.54) is 17.0 Å². The standard InChI is InChI=1S/C14H19N3O4/c1-2-15-10-3-6-13(17(20)21)12(9-10)14(19)16(7-8-18)11-4-5-11/h3,6,9,11,15,18H,2,4-5,7-8H2,1H3. The molecule has 0 aliphatic heterocycles. The average Bonchev–Trinajstić information content (AvgIpc) is 3.28. The van der Waals surface area contributed by atoms with Crippen molar-refractivity contribution >= 4 is 17.3 Å². The highest BCUT2D eigenvalue weighted by atomic mass is 16.6. The highest BCUT2D eigenvalue weighted by Gasteiger charge is 2.35. The Hall–Kier alpha value is -2.15. The van der Waals surface area contributed by atoms with Crippen molar-refractivity contribution in [3.05, 3.63) is 33.9 Å². The summed E-state index contributed by atoms with van der Waals surface area (Å²) in [4.78, 5) is 24.7. The molecule has 1 aliphatic carbocycles. The van der Waals surface area contributed by atoms with Gasteiger partial charge in [0.25, 0.3) is 11.6 Å². The van der Waals surface area contributed by atoms with Crippen molar-refractivity contribution in [3.63, 3.8) is 0 Å². The number of aliphatic hydroxyl groups excluding tert-OH is 1. The summed E-state index contributed by atoms with van der Waals surface area (Å²) in [6.45, 7) is 2.62. The van der Waals surface area contributed by atoms with Gasteiger partial charge >= 0.3 is 0 Å². The van der Waals surface area contributed by atoms with Gasteiger partial charge in [0.2, 0.25) is 0 Å². The number of amides is 1. The molecule has 1 aliphatic rings. The summed E-state index contributed by atoms with van der Waals surface area (Å²) in [5, 5.41) is 23.3. The van der Waals surface area contributed by atoms with Crippen molar-refractivity contribution in [3.8, 4) is 0 Å². The minimum absolute atomic E-state index is 0.0683. The lowest BCUT2D eigenvalue weighted by Crippen LogP contribution is -2.35. The summed E-state index contributed by atoms with van der Waals surface area (Å²) < 4.78 is 0. The Morgan fingerprint density at radius 3 is 2.76 bits per heavy atom. The largest absolute Gasteiger partial charge is 0.395 e. The molecule has 1 fully saturated rings. The SMILES string of the molecule is CCNc1ccc([N+](=O)[O-])c(C(=O)N(CCO)C2CC2)c1. The lowest BCUT2D eigenvalue weighted by Gasteiger charge is -2.21. The van der Waals surface area contributed by atoms with Crippen LogP contribution in [0.1, 0.15) is 30.1 Å². The van der Waals surface area contributed by atoms with Crippen molar-refractivity contribution in [1.82, 2.24) is 4.90 Å². The Morgan fingerprint density at radius 1 is 1.52 bits per heavy atom. The lowest BCUT2D eigenvalue weighted by molar-refractivity contribution is -0.385. The number of nitro groups is 1. The first-order chi connectivity index (χ1) is 10.1. The molecule has 0 radical (unpaired) electrons. The van der Waals surface area contributed by atoms with Gasteiger partial charge in [-0.05, 0) is 31.9 Å².